The Kier molecular flexibility index (Phi) is 5.28. The summed E-state index contributed by atoms with van der Waals surface area (Å²) < 4.78 is 5.17. The van der Waals surface area contributed by atoms with Gasteiger partial charge in [-0.3, -0.25) is 9.28 Å². The van der Waals surface area contributed by atoms with Crippen molar-refractivity contribution in [1.82, 2.24) is 0 Å². The Labute approximate surface area is 90.2 Å². The minimum atomic E-state index is -0.903. The van der Waals surface area contributed by atoms with Gasteiger partial charge in [0.05, 0.1) is 20.0 Å². The topological polar surface area (TPSA) is 63.6 Å². The van der Waals surface area contributed by atoms with Crippen molar-refractivity contribution in [3.8, 4) is 0 Å². The summed E-state index contributed by atoms with van der Waals surface area (Å²) in [6.07, 6.45) is 0.727. The molecule has 0 aliphatic carbocycles. The van der Waals surface area contributed by atoms with Gasteiger partial charge in [-0.1, -0.05) is 13.8 Å². The number of hydrogen-bond acceptors (Lipinski definition) is 3. The fraction of sp³-hybridized carbons (Fsp3) is 0.800. The second-order valence-corrected chi connectivity index (χ2v) is 4.39. The maximum Gasteiger partial charge on any atom is 0.359 e. The molecule has 5 heteroatoms. The van der Waals surface area contributed by atoms with E-state index in [1.165, 1.54) is 0 Å². The van der Waals surface area contributed by atoms with Gasteiger partial charge in [-0.25, -0.2) is 4.79 Å². The molecule has 5 nitrogen and oxygen atoms in total. The summed E-state index contributed by atoms with van der Waals surface area (Å²) in [7, 11) is 3.41. The molecule has 15 heavy (non-hydrogen) atoms. The number of rotatable bonds is 6. The van der Waals surface area contributed by atoms with Crippen LogP contribution in [0.2, 0.25) is 0 Å². The van der Waals surface area contributed by atoms with E-state index in [9.17, 15) is 9.59 Å². The lowest BCUT2D eigenvalue weighted by atomic mass is 10.1. The Morgan fingerprint density at radius 1 is 1.40 bits per heavy atom. The zero-order valence-corrected chi connectivity index (χ0v) is 9.82. The largest absolute Gasteiger partial charge is 0.477 e. The minimum absolute atomic E-state index is 0.0617. The molecule has 0 rings (SSSR count). The molecular weight excluding hydrogens is 201 g/mol. The third-order valence-corrected chi connectivity index (χ3v) is 2.13. The van der Waals surface area contributed by atoms with Crippen molar-refractivity contribution >= 4 is 11.9 Å². The van der Waals surface area contributed by atoms with Crippen LogP contribution < -0.4 is 0 Å². The van der Waals surface area contributed by atoms with E-state index >= 15 is 0 Å². The molecule has 0 aromatic carbocycles. The average Bonchev–Trinajstić information content (AvgIpc) is 2.11. The average molecular weight is 221 g/mol. The fourth-order valence-electron chi connectivity index (χ4n) is 0.959. The van der Waals surface area contributed by atoms with Crippen molar-refractivity contribution in [1.29, 1.82) is 0 Å². The van der Waals surface area contributed by atoms with Crippen LogP contribution >= 0.6 is 0 Å². The highest BCUT2D eigenvalue weighted by molar-refractivity contribution is 5.71. The fourth-order valence-corrected chi connectivity index (χ4v) is 0.959. The zero-order chi connectivity index (χ0) is 12.1. The maximum atomic E-state index is 11.3. The van der Waals surface area contributed by atoms with Gasteiger partial charge in [0.25, 0.3) is 0 Å². The number of esters is 1. The maximum absolute atomic E-state index is 11.3. The lowest BCUT2D eigenvalue weighted by Gasteiger charge is -2.27. The van der Waals surface area contributed by atoms with Gasteiger partial charge in [0.1, 0.15) is 0 Å². The monoisotopic (exact) mass is 221 g/mol. The molecule has 0 saturated heterocycles. The van der Waals surface area contributed by atoms with Crippen molar-refractivity contribution in [3.63, 3.8) is 0 Å². The van der Waals surface area contributed by atoms with Crippen molar-refractivity contribution in [3.05, 3.63) is 0 Å². The van der Waals surface area contributed by atoms with E-state index < -0.39 is 5.97 Å². The van der Waals surface area contributed by atoms with Crippen molar-refractivity contribution in [2.75, 3.05) is 27.4 Å². The molecule has 0 fully saturated rings. The van der Waals surface area contributed by atoms with Crippen LogP contribution in [0.1, 0.15) is 20.3 Å². The molecule has 0 spiro atoms. The van der Waals surface area contributed by atoms with Crippen LogP contribution in [0, 0.1) is 5.92 Å². The molecule has 1 N–H and O–H groups in total. The second kappa shape index (κ2) is 5.70. The predicted molar refractivity (Wildman–Crippen MR) is 55.0 cm³/mol. The quantitative estimate of drug-likeness (QED) is 0.236. The van der Waals surface area contributed by atoms with Gasteiger partial charge in [-0.2, -0.15) is 0 Å². The highest BCUT2D eigenvalue weighted by Gasteiger charge is 2.22. The van der Waals surface area contributed by atoms with Gasteiger partial charge in [0.2, 0.25) is 6.73 Å². The third-order valence-electron chi connectivity index (χ3n) is 2.13. The van der Waals surface area contributed by atoms with Crippen molar-refractivity contribution in [2.24, 2.45) is 5.92 Å². The standard InChI is InChI=1S/C10H19NO4/c1-5-8(2)10(14)15-7-11(3,4)6-9(12)13/h8H,5-7H2,1-4H3/p+1/i3+1,4+1,11+1. The van der Waals surface area contributed by atoms with Gasteiger partial charge < -0.3 is 9.84 Å². The van der Waals surface area contributed by atoms with Crippen LogP contribution in [-0.4, -0.2) is 48.9 Å². The first-order chi connectivity index (χ1) is 6.78. The molecule has 0 aliphatic rings. The molecular formula is C10H20NO4+. The van der Waals surface area contributed by atoms with E-state index in [4.69, 9.17) is 9.84 Å². The SMILES string of the molecule is CCC(C)C(=O)OC[15N+]([13CH3])([13CH3])CC(=O)O. The molecule has 0 amide bonds. The van der Waals surface area contributed by atoms with Crippen LogP contribution in [0.25, 0.3) is 0 Å². The van der Waals surface area contributed by atoms with Crippen LogP contribution in [0.4, 0.5) is 0 Å². The number of hydrogen-bond donors (Lipinski definition) is 1. The van der Waals surface area contributed by atoms with Gasteiger partial charge in [0, 0.05) is 0 Å². The Balaban J connectivity index is 4.03. The number of carboxylic acids is 1. The molecule has 0 radical (unpaired) electrons. The third kappa shape index (κ3) is 6.06. The van der Waals surface area contributed by atoms with Crippen LogP contribution in [-0.2, 0) is 14.3 Å². The Morgan fingerprint density at radius 2 is 1.93 bits per heavy atom. The van der Waals surface area contributed by atoms with Gasteiger partial charge in [-0.05, 0) is 6.42 Å². The molecule has 0 aromatic rings. The summed E-state index contributed by atoms with van der Waals surface area (Å²) >= 11 is 0. The van der Waals surface area contributed by atoms with Gasteiger partial charge in [0.15, 0.2) is 6.54 Å². The minimum Gasteiger partial charge on any atom is -0.477 e. The van der Waals surface area contributed by atoms with E-state index in [0.717, 1.165) is 6.42 Å². The van der Waals surface area contributed by atoms with Gasteiger partial charge >= 0.3 is 11.9 Å². The van der Waals surface area contributed by atoms with E-state index in [2.05, 4.69) is 0 Å². The molecule has 0 heterocycles. The molecule has 0 aliphatic heterocycles. The summed E-state index contributed by atoms with van der Waals surface area (Å²) in [4.78, 5) is 21.8. The lowest BCUT2D eigenvalue weighted by molar-refractivity contribution is -0.900. The first-order valence-corrected chi connectivity index (χ1v) is 4.99. The van der Waals surface area contributed by atoms with E-state index in [-0.39, 0.29) is 29.6 Å². The number of likely N-dealkylation sites (N-methyl/N-ethyl adjacent to an activating group) is 1. The lowest BCUT2D eigenvalue weighted by Crippen LogP contribution is -2.46. The molecule has 0 bridgehead atoms. The number of carbonyl (C=O) groups excluding carboxylic acids is 1. The van der Waals surface area contributed by atoms with Crippen LogP contribution in [0.5, 0.6) is 0 Å². The Morgan fingerprint density at radius 3 is 2.33 bits per heavy atom. The normalized spacial score (nSPS) is 13.3. The summed E-state index contributed by atoms with van der Waals surface area (Å²) in [5, 5.41) is 8.61. The van der Waals surface area contributed by atoms with Crippen molar-refractivity contribution < 1.29 is 23.9 Å². The highest BCUT2D eigenvalue weighted by atomic mass is 16.6. The van der Waals surface area contributed by atoms with Crippen molar-refractivity contribution in [2.45, 2.75) is 20.3 Å². The van der Waals surface area contributed by atoms with E-state index in [1.54, 1.807) is 21.0 Å². The summed E-state index contributed by atoms with van der Waals surface area (Å²) in [5.74, 6) is -1.30. The molecule has 88 valence electrons. The zero-order valence-electron chi connectivity index (χ0n) is 9.82. The molecule has 0 saturated carbocycles. The summed E-state index contributed by atoms with van der Waals surface area (Å²) in [5.41, 5.74) is 0. The summed E-state index contributed by atoms with van der Waals surface area (Å²) in [6.45, 7) is 3.73. The Hall–Kier alpha value is -1.10. The first kappa shape index (κ1) is 13.9. The smallest absolute Gasteiger partial charge is 0.359 e. The van der Waals surface area contributed by atoms with Crippen LogP contribution in [0.3, 0.4) is 0 Å². The van der Waals surface area contributed by atoms with E-state index in [1.807, 2.05) is 6.92 Å². The first-order valence-electron chi connectivity index (χ1n) is 4.99. The van der Waals surface area contributed by atoms with E-state index in [0.29, 0.717) is 0 Å². The summed E-state index contributed by atoms with van der Waals surface area (Å²) in [6, 6.07) is 0. The molecule has 1 unspecified atom stereocenters. The number of nitrogens with zero attached hydrogens (tertiary/aromatic N) is 1. The second-order valence-electron chi connectivity index (χ2n) is 4.39. The Bertz CT molecular complexity index is 238. The van der Waals surface area contributed by atoms with Crippen LogP contribution in [0.15, 0.2) is 0 Å². The number of aliphatic carboxylic acids is 1. The van der Waals surface area contributed by atoms with Gasteiger partial charge in [-0.15, -0.1) is 0 Å². The predicted octanol–water partition coefficient (Wildman–Crippen LogP) is 0.694. The number of carbonyl (C=O) groups is 2. The highest BCUT2D eigenvalue weighted by Crippen LogP contribution is 2.05. The number of quaternary nitrogens is 1. The molecule has 0 aromatic heterocycles. The number of carboxylic acid groups (broad SMARTS) is 1. The molecule has 1 atom stereocenters. The number of ether oxygens (including phenoxy) is 1.